The van der Waals surface area contributed by atoms with Crippen molar-refractivity contribution in [2.24, 2.45) is 0 Å². The van der Waals surface area contributed by atoms with Gasteiger partial charge in [0.25, 0.3) is 10.1 Å². The van der Waals surface area contributed by atoms with Crippen molar-refractivity contribution in [3.8, 4) is 17.1 Å². The molecule has 20 heavy (non-hydrogen) atoms. The highest BCUT2D eigenvalue weighted by molar-refractivity contribution is 7.85. The third kappa shape index (κ3) is 2.15. The zero-order chi connectivity index (χ0) is 14.3. The van der Waals surface area contributed by atoms with E-state index in [1.807, 2.05) is 0 Å². The summed E-state index contributed by atoms with van der Waals surface area (Å²) in [6.45, 7) is 0. The maximum absolute atomic E-state index is 11.2. The fourth-order valence-electron chi connectivity index (χ4n) is 2.07. The van der Waals surface area contributed by atoms with E-state index in [1.54, 1.807) is 30.3 Å². The molecule has 1 aromatic heterocycles. The summed E-state index contributed by atoms with van der Waals surface area (Å²) < 4.78 is 36.7. The maximum atomic E-state index is 11.2. The molecule has 2 aromatic carbocycles. The highest BCUT2D eigenvalue weighted by Crippen LogP contribution is 2.32. The Kier molecular flexibility index (Phi) is 2.77. The van der Waals surface area contributed by atoms with E-state index in [2.05, 4.69) is 0 Å². The van der Waals surface area contributed by atoms with E-state index in [0.29, 0.717) is 16.5 Å². The lowest BCUT2D eigenvalue weighted by Crippen LogP contribution is -1.97. The Morgan fingerprint density at radius 2 is 1.85 bits per heavy atom. The highest BCUT2D eigenvalue weighted by atomic mass is 32.2. The van der Waals surface area contributed by atoms with Crippen LogP contribution in [0.4, 0.5) is 0 Å². The van der Waals surface area contributed by atoms with Crippen LogP contribution in [0.25, 0.3) is 22.1 Å². The van der Waals surface area contributed by atoms with E-state index in [-0.39, 0.29) is 10.6 Å². The van der Waals surface area contributed by atoms with Gasteiger partial charge in [-0.25, -0.2) is 0 Å². The molecule has 2 N–H and O–H groups in total. The largest absolute Gasteiger partial charge is 0.507 e. The Morgan fingerprint density at radius 3 is 2.50 bits per heavy atom. The molecule has 3 aromatic rings. The van der Waals surface area contributed by atoms with Crippen molar-refractivity contribution in [3.63, 3.8) is 0 Å². The van der Waals surface area contributed by atoms with Gasteiger partial charge in [-0.05, 0) is 35.7 Å². The van der Waals surface area contributed by atoms with Crippen LogP contribution in [0.5, 0.6) is 5.75 Å². The van der Waals surface area contributed by atoms with Gasteiger partial charge in [-0.3, -0.25) is 4.55 Å². The van der Waals surface area contributed by atoms with Crippen LogP contribution in [0.2, 0.25) is 0 Å². The van der Waals surface area contributed by atoms with Crippen molar-refractivity contribution in [2.75, 3.05) is 0 Å². The van der Waals surface area contributed by atoms with Crippen molar-refractivity contribution in [2.45, 2.75) is 4.90 Å². The van der Waals surface area contributed by atoms with Crippen LogP contribution in [-0.4, -0.2) is 18.1 Å². The van der Waals surface area contributed by atoms with Gasteiger partial charge < -0.3 is 9.52 Å². The zero-order valence-corrected chi connectivity index (χ0v) is 11.0. The molecule has 0 aliphatic carbocycles. The van der Waals surface area contributed by atoms with Gasteiger partial charge in [-0.2, -0.15) is 8.42 Å². The first kappa shape index (κ1) is 12.7. The first-order valence-electron chi connectivity index (χ1n) is 5.73. The van der Waals surface area contributed by atoms with Gasteiger partial charge in [0.15, 0.2) is 0 Å². The smallest absolute Gasteiger partial charge is 0.294 e. The standard InChI is InChI=1S/C14H10O5S/c15-13-8-11(20(16,17)18)7-10-6-9(3-4-12(10)13)14-2-1-5-19-14/h1-8,15H,(H,16,17,18). The fourth-order valence-corrected chi connectivity index (χ4v) is 2.60. The average Bonchev–Trinajstić information content (AvgIpc) is 2.90. The summed E-state index contributed by atoms with van der Waals surface area (Å²) in [6, 6.07) is 10.9. The second-order valence-corrected chi connectivity index (χ2v) is 5.75. The Hall–Kier alpha value is -2.31. The summed E-state index contributed by atoms with van der Waals surface area (Å²) in [5.74, 6) is 0.421. The minimum atomic E-state index is -4.37. The number of phenolic OH excluding ortho intramolecular Hbond substituents is 1. The van der Waals surface area contributed by atoms with Crippen LogP contribution < -0.4 is 0 Å². The van der Waals surface area contributed by atoms with Crippen molar-refractivity contribution in [1.29, 1.82) is 0 Å². The number of phenols is 1. The Bertz CT molecular complexity index is 879. The maximum Gasteiger partial charge on any atom is 0.294 e. The van der Waals surface area contributed by atoms with E-state index in [9.17, 15) is 13.5 Å². The number of fused-ring (bicyclic) bond motifs is 1. The van der Waals surface area contributed by atoms with Crippen molar-refractivity contribution >= 4 is 20.9 Å². The molecule has 0 radical (unpaired) electrons. The molecule has 0 spiro atoms. The molecule has 0 aliphatic rings. The number of hydrogen-bond donors (Lipinski definition) is 2. The molecule has 6 heteroatoms. The monoisotopic (exact) mass is 290 g/mol. The molecule has 0 aliphatic heterocycles. The number of furan rings is 1. The number of aromatic hydroxyl groups is 1. The highest BCUT2D eigenvalue weighted by Gasteiger charge is 2.14. The van der Waals surface area contributed by atoms with Gasteiger partial charge in [0, 0.05) is 17.0 Å². The summed E-state index contributed by atoms with van der Waals surface area (Å²) in [4.78, 5) is -0.348. The van der Waals surface area contributed by atoms with Gasteiger partial charge in [0.1, 0.15) is 11.5 Å². The van der Waals surface area contributed by atoms with E-state index in [0.717, 1.165) is 11.6 Å². The Balaban J connectivity index is 2.28. The lowest BCUT2D eigenvalue weighted by Gasteiger charge is -2.06. The van der Waals surface area contributed by atoms with Gasteiger partial charge >= 0.3 is 0 Å². The third-order valence-electron chi connectivity index (χ3n) is 3.01. The number of benzene rings is 2. The van der Waals surface area contributed by atoms with Crippen molar-refractivity contribution < 1.29 is 22.5 Å². The summed E-state index contributed by atoms with van der Waals surface area (Å²) in [7, 11) is -4.37. The second-order valence-electron chi connectivity index (χ2n) is 4.33. The molecule has 3 rings (SSSR count). The van der Waals surface area contributed by atoms with Gasteiger partial charge in [0.05, 0.1) is 11.2 Å². The molecular formula is C14H10O5S. The molecule has 0 fully saturated rings. The van der Waals surface area contributed by atoms with Crippen molar-refractivity contribution in [3.05, 3.63) is 48.7 Å². The molecule has 0 unspecified atom stereocenters. The van der Waals surface area contributed by atoms with Gasteiger partial charge in [-0.1, -0.05) is 6.07 Å². The summed E-state index contributed by atoms with van der Waals surface area (Å²) in [6.07, 6.45) is 1.53. The fraction of sp³-hybridized carbons (Fsp3) is 0. The van der Waals surface area contributed by atoms with E-state index < -0.39 is 10.1 Å². The summed E-state index contributed by atoms with van der Waals surface area (Å²) in [5.41, 5.74) is 0.745. The van der Waals surface area contributed by atoms with Crippen molar-refractivity contribution in [1.82, 2.24) is 0 Å². The molecular weight excluding hydrogens is 280 g/mol. The molecule has 0 saturated carbocycles. The molecule has 1 heterocycles. The van der Waals surface area contributed by atoms with Gasteiger partial charge in [-0.15, -0.1) is 0 Å². The zero-order valence-electron chi connectivity index (χ0n) is 10.1. The van der Waals surface area contributed by atoms with Crippen LogP contribution in [0.3, 0.4) is 0 Å². The van der Waals surface area contributed by atoms with Gasteiger partial charge in [0.2, 0.25) is 0 Å². The third-order valence-corrected chi connectivity index (χ3v) is 3.84. The normalized spacial score (nSPS) is 11.8. The summed E-state index contributed by atoms with van der Waals surface area (Å²) >= 11 is 0. The quantitative estimate of drug-likeness (QED) is 0.708. The first-order valence-corrected chi connectivity index (χ1v) is 7.17. The lowest BCUT2D eigenvalue weighted by molar-refractivity contribution is 0.471. The van der Waals surface area contributed by atoms with Crippen LogP contribution in [0.15, 0.2) is 58.0 Å². The van der Waals surface area contributed by atoms with Crippen LogP contribution in [0.1, 0.15) is 0 Å². The molecule has 0 amide bonds. The predicted octanol–water partition coefficient (Wildman–Crippen LogP) is 3.05. The molecule has 5 nitrogen and oxygen atoms in total. The van der Waals surface area contributed by atoms with E-state index in [4.69, 9.17) is 8.97 Å². The molecule has 0 bridgehead atoms. The molecule has 0 atom stereocenters. The lowest BCUT2D eigenvalue weighted by atomic mass is 10.0. The van der Waals surface area contributed by atoms with Crippen LogP contribution in [0, 0.1) is 0 Å². The van der Waals surface area contributed by atoms with E-state index >= 15 is 0 Å². The minimum Gasteiger partial charge on any atom is -0.507 e. The van der Waals surface area contributed by atoms with Crippen LogP contribution >= 0.6 is 0 Å². The first-order chi connectivity index (χ1) is 9.45. The minimum absolute atomic E-state index is 0.207. The Labute approximate surface area is 114 Å². The topological polar surface area (TPSA) is 87.7 Å². The number of rotatable bonds is 2. The molecule has 102 valence electrons. The van der Waals surface area contributed by atoms with Crippen LogP contribution in [-0.2, 0) is 10.1 Å². The summed E-state index contributed by atoms with van der Waals surface area (Å²) in [5, 5.41) is 10.8. The second kappa shape index (κ2) is 4.36. The van der Waals surface area contributed by atoms with E-state index in [1.165, 1.54) is 12.3 Å². The average molecular weight is 290 g/mol. The molecule has 0 saturated heterocycles. The Morgan fingerprint density at radius 1 is 1.05 bits per heavy atom. The SMILES string of the molecule is O=S(=O)(O)c1cc(O)c2ccc(-c3ccco3)cc2c1. The number of hydrogen-bond acceptors (Lipinski definition) is 4. The predicted molar refractivity (Wildman–Crippen MR) is 73.1 cm³/mol.